The summed E-state index contributed by atoms with van der Waals surface area (Å²) in [6.07, 6.45) is 0. The van der Waals surface area contributed by atoms with Gasteiger partial charge in [-0.3, -0.25) is 14.5 Å². The number of anilines is 2. The van der Waals surface area contributed by atoms with Crippen LogP contribution in [0.2, 0.25) is 0 Å². The van der Waals surface area contributed by atoms with Crippen LogP contribution in [0.15, 0.2) is 48.5 Å². The molecule has 6 heteroatoms. The number of benzene rings is 2. The second kappa shape index (κ2) is 8.48. The fourth-order valence-corrected chi connectivity index (χ4v) is 4.05. The molecule has 1 aliphatic rings. The molecule has 2 aromatic carbocycles. The van der Waals surface area contributed by atoms with Crippen molar-refractivity contribution in [1.29, 1.82) is 0 Å². The number of thioether (sulfide) groups is 1. The first-order chi connectivity index (χ1) is 13.0. The van der Waals surface area contributed by atoms with Crippen molar-refractivity contribution in [3.63, 3.8) is 0 Å². The third-order valence-electron chi connectivity index (χ3n) is 4.28. The number of carbonyl (C=O) groups is 2. The molecule has 2 amide bonds. The summed E-state index contributed by atoms with van der Waals surface area (Å²) < 4.78 is 5.72. The molecule has 0 radical (unpaired) electrons. The van der Waals surface area contributed by atoms with E-state index < -0.39 is 0 Å². The van der Waals surface area contributed by atoms with E-state index in [9.17, 15) is 9.59 Å². The van der Waals surface area contributed by atoms with Gasteiger partial charge in [0.05, 0.1) is 18.0 Å². The van der Waals surface area contributed by atoms with Crippen molar-refractivity contribution in [2.24, 2.45) is 5.92 Å². The molecule has 1 atom stereocenters. The maximum absolute atomic E-state index is 12.6. The van der Waals surface area contributed by atoms with Gasteiger partial charge in [0.25, 0.3) is 0 Å². The Morgan fingerprint density at radius 2 is 1.93 bits per heavy atom. The van der Waals surface area contributed by atoms with Gasteiger partial charge in [-0.25, -0.2) is 0 Å². The topological polar surface area (TPSA) is 58.6 Å². The fourth-order valence-electron chi connectivity index (χ4n) is 2.88. The zero-order valence-corrected chi connectivity index (χ0v) is 16.6. The van der Waals surface area contributed by atoms with Gasteiger partial charge in [0.2, 0.25) is 11.8 Å². The molecule has 2 aromatic rings. The molecule has 27 heavy (non-hydrogen) atoms. The minimum absolute atomic E-state index is 0.0135. The van der Waals surface area contributed by atoms with Gasteiger partial charge in [0.1, 0.15) is 11.1 Å². The monoisotopic (exact) mass is 384 g/mol. The molecule has 1 aliphatic heterocycles. The standard InChI is InChI=1S/C21H24N2O3S/c1-4-26-18-8-6-5-7-17(18)23-19(24)13-27-21(23)15-9-11-16(12-10-15)22-20(25)14(2)3/h5-12,14,21H,4,13H2,1-3H3,(H,22,25)/t21-/m0/s1. The predicted octanol–water partition coefficient (Wildman–Crippen LogP) is 4.46. The molecule has 0 bridgehead atoms. The van der Waals surface area contributed by atoms with Gasteiger partial charge in [-0.15, -0.1) is 11.8 Å². The summed E-state index contributed by atoms with van der Waals surface area (Å²) in [5.41, 5.74) is 2.56. The van der Waals surface area contributed by atoms with Gasteiger partial charge in [0, 0.05) is 11.6 Å². The Morgan fingerprint density at radius 1 is 1.22 bits per heavy atom. The second-order valence-electron chi connectivity index (χ2n) is 6.59. The van der Waals surface area contributed by atoms with Crippen LogP contribution < -0.4 is 15.0 Å². The highest BCUT2D eigenvalue weighted by molar-refractivity contribution is 8.00. The van der Waals surface area contributed by atoms with Crippen molar-refractivity contribution in [3.8, 4) is 5.75 Å². The molecule has 1 heterocycles. The maximum Gasteiger partial charge on any atom is 0.238 e. The van der Waals surface area contributed by atoms with Gasteiger partial charge in [-0.2, -0.15) is 0 Å². The van der Waals surface area contributed by atoms with E-state index in [1.54, 1.807) is 16.7 Å². The van der Waals surface area contributed by atoms with Crippen LogP contribution in [0.1, 0.15) is 31.7 Å². The van der Waals surface area contributed by atoms with Crippen LogP contribution >= 0.6 is 11.8 Å². The van der Waals surface area contributed by atoms with Crippen LogP contribution in [0.25, 0.3) is 0 Å². The van der Waals surface area contributed by atoms with Crippen molar-refractivity contribution >= 4 is 35.0 Å². The lowest BCUT2D eigenvalue weighted by atomic mass is 10.1. The van der Waals surface area contributed by atoms with E-state index in [0.717, 1.165) is 16.9 Å². The van der Waals surface area contributed by atoms with E-state index in [1.165, 1.54) is 0 Å². The average molecular weight is 385 g/mol. The Labute approximate surface area is 164 Å². The Morgan fingerprint density at radius 3 is 2.59 bits per heavy atom. The van der Waals surface area contributed by atoms with Crippen molar-refractivity contribution in [2.75, 3.05) is 22.6 Å². The van der Waals surface area contributed by atoms with E-state index in [2.05, 4.69) is 5.32 Å². The third kappa shape index (κ3) is 4.27. The molecule has 0 aromatic heterocycles. The van der Waals surface area contributed by atoms with E-state index in [4.69, 9.17) is 4.74 Å². The van der Waals surface area contributed by atoms with Crippen LogP contribution in [-0.2, 0) is 9.59 Å². The molecule has 142 valence electrons. The lowest BCUT2D eigenvalue weighted by molar-refractivity contribution is -0.119. The fraction of sp³-hybridized carbons (Fsp3) is 0.333. The van der Waals surface area contributed by atoms with E-state index in [0.29, 0.717) is 18.1 Å². The van der Waals surface area contributed by atoms with E-state index in [-0.39, 0.29) is 23.1 Å². The minimum atomic E-state index is -0.117. The summed E-state index contributed by atoms with van der Waals surface area (Å²) >= 11 is 1.59. The minimum Gasteiger partial charge on any atom is -0.492 e. The van der Waals surface area contributed by atoms with Crippen molar-refractivity contribution in [2.45, 2.75) is 26.1 Å². The first kappa shape index (κ1) is 19.3. The van der Waals surface area contributed by atoms with Crippen LogP contribution in [-0.4, -0.2) is 24.2 Å². The number of rotatable bonds is 6. The number of carbonyl (C=O) groups excluding carboxylic acids is 2. The maximum atomic E-state index is 12.6. The molecule has 0 aliphatic carbocycles. The SMILES string of the molecule is CCOc1ccccc1N1C(=O)CS[C@H]1c1ccc(NC(=O)C(C)C)cc1. The van der Waals surface area contributed by atoms with Crippen LogP contribution in [0.3, 0.4) is 0 Å². The van der Waals surface area contributed by atoms with E-state index >= 15 is 0 Å². The van der Waals surface area contributed by atoms with Gasteiger partial charge >= 0.3 is 0 Å². The van der Waals surface area contributed by atoms with Crippen molar-refractivity contribution in [1.82, 2.24) is 0 Å². The number of amides is 2. The smallest absolute Gasteiger partial charge is 0.238 e. The molecule has 5 nitrogen and oxygen atoms in total. The van der Waals surface area contributed by atoms with Crippen LogP contribution in [0.5, 0.6) is 5.75 Å². The molecule has 1 saturated heterocycles. The summed E-state index contributed by atoms with van der Waals surface area (Å²) in [6, 6.07) is 15.3. The van der Waals surface area contributed by atoms with E-state index in [1.807, 2.05) is 69.3 Å². The zero-order chi connectivity index (χ0) is 19.4. The second-order valence-corrected chi connectivity index (χ2v) is 7.66. The molecule has 0 unspecified atom stereocenters. The lowest BCUT2D eigenvalue weighted by Crippen LogP contribution is -2.28. The Hall–Kier alpha value is -2.47. The van der Waals surface area contributed by atoms with Gasteiger partial charge < -0.3 is 10.1 Å². The summed E-state index contributed by atoms with van der Waals surface area (Å²) in [5, 5.41) is 2.77. The zero-order valence-electron chi connectivity index (χ0n) is 15.8. The van der Waals surface area contributed by atoms with Crippen molar-refractivity contribution in [3.05, 3.63) is 54.1 Å². The highest BCUT2D eigenvalue weighted by atomic mass is 32.2. The number of nitrogens with zero attached hydrogens (tertiary/aromatic N) is 1. The van der Waals surface area contributed by atoms with Crippen LogP contribution in [0.4, 0.5) is 11.4 Å². The molecule has 0 saturated carbocycles. The van der Waals surface area contributed by atoms with Gasteiger partial charge in [0.15, 0.2) is 0 Å². The Bertz CT molecular complexity index is 820. The number of hydrogen-bond donors (Lipinski definition) is 1. The van der Waals surface area contributed by atoms with Gasteiger partial charge in [-0.1, -0.05) is 38.1 Å². The molecule has 0 spiro atoms. The summed E-state index contributed by atoms with van der Waals surface area (Å²) in [4.78, 5) is 26.2. The highest BCUT2D eigenvalue weighted by Crippen LogP contribution is 2.44. The highest BCUT2D eigenvalue weighted by Gasteiger charge is 2.35. The molecular weight excluding hydrogens is 360 g/mol. The quantitative estimate of drug-likeness (QED) is 0.799. The van der Waals surface area contributed by atoms with Gasteiger partial charge in [-0.05, 0) is 36.8 Å². The summed E-state index contributed by atoms with van der Waals surface area (Å²) in [7, 11) is 0. The summed E-state index contributed by atoms with van der Waals surface area (Å²) in [5.74, 6) is 1.12. The third-order valence-corrected chi connectivity index (χ3v) is 5.49. The largest absolute Gasteiger partial charge is 0.492 e. The first-order valence-electron chi connectivity index (χ1n) is 9.07. The molecule has 1 fully saturated rings. The molecule has 1 N–H and O–H groups in total. The van der Waals surface area contributed by atoms with Crippen LogP contribution in [0, 0.1) is 5.92 Å². The normalized spacial score (nSPS) is 16.7. The predicted molar refractivity (Wildman–Crippen MR) is 110 cm³/mol. The van der Waals surface area contributed by atoms with Crippen molar-refractivity contribution < 1.29 is 14.3 Å². The average Bonchev–Trinajstić information content (AvgIpc) is 3.04. The Balaban J connectivity index is 1.85. The number of hydrogen-bond acceptors (Lipinski definition) is 4. The lowest BCUT2D eigenvalue weighted by Gasteiger charge is -2.26. The molecule has 3 rings (SSSR count). The summed E-state index contributed by atoms with van der Waals surface area (Å²) in [6.45, 7) is 6.19. The number of ether oxygens (including phenoxy) is 1. The number of para-hydroxylation sites is 2. The molecular formula is C21H24N2O3S. The number of nitrogens with one attached hydrogen (secondary N) is 1. The Kier molecular flexibility index (Phi) is 6.06. The first-order valence-corrected chi connectivity index (χ1v) is 10.1.